The molecule has 1 aliphatic rings. The van der Waals surface area contributed by atoms with E-state index in [-0.39, 0.29) is 24.2 Å². The van der Waals surface area contributed by atoms with Crippen LogP contribution in [0.15, 0.2) is 0 Å². The van der Waals surface area contributed by atoms with Gasteiger partial charge < -0.3 is 20.4 Å². The largest absolute Gasteiger partial charge is 0.481 e. The van der Waals surface area contributed by atoms with Gasteiger partial charge in [0.2, 0.25) is 5.91 Å². The van der Waals surface area contributed by atoms with Crippen LogP contribution in [0.3, 0.4) is 0 Å². The summed E-state index contributed by atoms with van der Waals surface area (Å²) >= 11 is 0. The van der Waals surface area contributed by atoms with Gasteiger partial charge in [-0.1, -0.05) is 45.4 Å². The van der Waals surface area contributed by atoms with Gasteiger partial charge >= 0.3 is 11.9 Å². The fourth-order valence-electron chi connectivity index (χ4n) is 3.75. The van der Waals surface area contributed by atoms with Crippen LogP contribution in [-0.4, -0.2) is 59.1 Å². The Bertz CT molecular complexity index is 506. The molecule has 0 aromatic heterocycles. The SMILES string of the molecule is CC1(C(=O)NCCCN(CCCCCCCC(=O)O)CCCCCCCC(=O)O)CC1. The van der Waals surface area contributed by atoms with Gasteiger partial charge in [-0.15, -0.1) is 0 Å². The highest BCUT2D eigenvalue weighted by atomic mass is 16.4. The molecule has 1 fully saturated rings. The zero-order valence-corrected chi connectivity index (χ0v) is 19.5. The van der Waals surface area contributed by atoms with Crippen molar-refractivity contribution in [2.75, 3.05) is 26.2 Å². The predicted molar refractivity (Wildman–Crippen MR) is 122 cm³/mol. The molecule has 1 rings (SSSR count). The van der Waals surface area contributed by atoms with Gasteiger partial charge in [0.25, 0.3) is 0 Å². The number of aliphatic carboxylic acids is 2. The van der Waals surface area contributed by atoms with Gasteiger partial charge in [-0.25, -0.2) is 0 Å². The normalized spacial score (nSPS) is 14.5. The average molecular weight is 441 g/mol. The number of hydrogen-bond donors (Lipinski definition) is 3. The molecule has 7 heteroatoms. The van der Waals surface area contributed by atoms with Crippen LogP contribution in [0.5, 0.6) is 0 Å². The second-order valence-electron chi connectivity index (χ2n) is 9.33. The number of amides is 1. The number of carboxylic acids is 2. The molecule has 1 amide bonds. The standard InChI is InChI=1S/C24H44N2O5/c1-24(15-16-24)23(31)25-17-12-20-26(18-10-6-2-4-8-13-21(27)28)19-11-7-3-5-9-14-22(29)30/h2-20H2,1H3,(H,25,31)(H,27,28)(H,29,30). The van der Waals surface area contributed by atoms with E-state index in [9.17, 15) is 14.4 Å². The van der Waals surface area contributed by atoms with Crippen molar-refractivity contribution in [3.05, 3.63) is 0 Å². The van der Waals surface area contributed by atoms with Gasteiger partial charge in [-0.2, -0.15) is 0 Å². The third kappa shape index (κ3) is 14.9. The number of carboxylic acid groups (broad SMARTS) is 2. The number of carbonyl (C=O) groups is 3. The Morgan fingerprint density at radius 2 is 1.13 bits per heavy atom. The highest BCUT2D eigenvalue weighted by molar-refractivity contribution is 5.84. The third-order valence-corrected chi connectivity index (χ3v) is 6.21. The van der Waals surface area contributed by atoms with Crippen LogP contribution in [0, 0.1) is 5.41 Å². The maximum absolute atomic E-state index is 12.1. The maximum atomic E-state index is 12.1. The third-order valence-electron chi connectivity index (χ3n) is 6.21. The predicted octanol–water partition coefficient (Wildman–Crippen LogP) is 4.45. The van der Waals surface area contributed by atoms with Crippen molar-refractivity contribution in [2.45, 2.75) is 103 Å². The zero-order valence-electron chi connectivity index (χ0n) is 19.5. The number of nitrogens with zero attached hydrogens (tertiary/aromatic N) is 1. The quantitative estimate of drug-likeness (QED) is 0.228. The smallest absolute Gasteiger partial charge is 0.303 e. The van der Waals surface area contributed by atoms with Crippen molar-refractivity contribution in [1.82, 2.24) is 10.2 Å². The highest BCUT2D eigenvalue weighted by Crippen LogP contribution is 2.44. The monoisotopic (exact) mass is 440 g/mol. The van der Waals surface area contributed by atoms with Crippen LogP contribution in [0.1, 0.15) is 103 Å². The fourth-order valence-corrected chi connectivity index (χ4v) is 3.75. The Balaban J connectivity index is 2.17. The van der Waals surface area contributed by atoms with E-state index in [1.807, 2.05) is 6.92 Å². The number of hydrogen-bond acceptors (Lipinski definition) is 4. The van der Waals surface area contributed by atoms with Crippen molar-refractivity contribution in [3.63, 3.8) is 0 Å². The van der Waals surface area contributed by atoms with Crippen molar-refractivity contribution >= 4 is 17.8 Å². The molecule has 0 atom stereocenters. The molecular formula is C24H44N2O5. The molecule has 0 aromatic rings. The number of rotatable bonds is 21. The first-order valence-corrected chi connectivity index (χ1v) is 12.3. The first-order valence-electron chi connectivity index (χ1n) is 12.3. The van der Waals surface area contributed by atoms with Crippen LogP contribution in [0.2, 0.25) is 0 Å². The summed E-state index contributed by atoms with van der Waals surface area (Å²) in [5, 5.41) is 20.5. The molecule has 0 aliphatic heterocycles. The molecule has 0 spiro atoms. The topological polar surface area (TPSA) is 107 Å². The van der Waals surface area contributed by atoms with Gasteiger partial charge in [-0.05, 0) is 64.6 Å². The summed E-state index contributed by atoms with van der Waals surface area (Å²) in [5.41, 5.74) is -0.110. The van der Waals surface area contributed by atoms with Crippen molar-refractivity contribution < 1.29 is 24.6 Å². The van der Waals surface area contributed by atoms with E-state index in [0.29, 0.717) is 0 Å². The molecule has 3 N–H and O–H groups in total. The minimum absolute atomic E-state index is 0.110. The van der Waals surface area contributed by atoms with Crippen molar-refractivity contribution in [2.24, 2.45) is 5.41 Å². The minimum atomic E-state index is -0.711. The second kappa shape index (κ2) is 16.1. The van der Waals surface area contributed by atoms with Crippen molar-refractivity contribution in [3.8, 4) is 0 Å². The molecule has 0 heterocycles. The molecule has 180 valence electrons. The van der Waals surface area contributed by atoms with E-state index in [1.165, 1.54) is 0 Å². The fraction of sp³-hybridized carbons (Fsp3) is 0.875. The molecule has 31 heavy (non-hydrogen) atoms. The van der Waals surface area contributed by atoms with Crippen LogP contribution >= 0.6 is 0 Å². The summed E-state index contributed by atoms with van der Waals surface area (Å²) in [7, 11) is 0. The lowest BCUT2D eigenvalue weighted by Gasteiger charge is -2.22. The van der Waals surface area contributed by atoms with E-state index in [4.69, 9.17) is 10.2 Å². The lowest BCUT2D eigenvalue weighted by atomic mass is 10.1. The van der Waals surface area contributed by atoms with Crippen molar-refractivity contribution in [1.29, 1.82) is 0 Å². The molecule has 1 saturated carbocycles. The first kappa shape index (κ1) is 27.4. The van der Waals surface area contributed by atoms with Gasteiger partial charge in [0, 0.05) is 24.8 Å². The molecule has 0 bridgehead atoms. The van der Waals surface area contributed by atoms with E-state index in [1.54, 1.807) is 0 Å². The van der Waals surface area contributed by atoms with E-state index in [2.05, 4.69) is 10.2 Å². The number of unbranched alkanes of at least 4 members (excludes halogenated alkanes) is 8. The Morgan fingerprint density at radius 3 is 1.58 bits per heavy atom. The Hall–Kier alpha value is -1.63. The van der Waals surface area contributed by atoms with Gasteiger partial charge in [0.05, 0.1) is 0 Å². The summed E-state index contributed by atoms with van der Waals surface area (Å²) < 4.78 is 0. The zero-order chi connectivity index (χ0) is 23.0. The molecular weight excluding hydrogens is 396 g/mol. The van der Waals surface area contributed by atoms with Crippen LogP contribution < -0.4 is 5.32 Å². The molecule has 0 radical (unpaired) electrons. The summed E-state index contributed by atoms with van der Waals surface area (Å²) in [5.74, 6) is -1.23. The summed E-state index contributed by atoms with van der Waals surface area (Å²) in [6, 6.07) is 0. The lowest BCUT2D eigenvalue weighted by Crippen LogP contribution is -2.34. The Morgan fingerprint density at radius 1 is 0.710 bits per heavy atom. The number of nitrogens with one attached hydrogen (secondary N) is 1. The lowest BCUT2D eigenvalue weighted by molar-refractivity contribution is -0.138. The summed E-state index contributed by atoms with van der Waals surface area (Å²) in [4.78, 5) is 35.7. The Kier molecular flexibility index (Phi) is 14.2. The van der Waals surface area contributed by atoms with Crippen LogP contribution in [0.25, 0.3) is 0 Å². The number of carbonyl (C=O) groups excluding carboxylic acids is 1. The first-order chi connectivity index (χ1) is 14.8. The van der Waals surface area contributed by atoms with Crippen LogP contribution in [0.4, 0.5) is 0 Å². The van der Waals surface area contributed by atoms with Gasteiger partial charge in [-0.3, -0.25) is 14.4 Å². The maximum Gasteiger partial charge on any atom is 0.303 e. The highest BCUT2D eigenvalue weighted by Gasteiger charge is 2.44. The minimum Gasteiger partial charge on any atom is -0.481 e. The molecule has 0 saturated heterocycles. The second-order valence-corrected chi connectivity index (χ2v) is 9.33. The van der Waals surface area contributed by atoms with Crippen LogP contribution in [-0.2, 0) is 14.4 Å². The molecule has 0 unspecified atom stereocenters. The molecule has 7 nitrogen and oxygen atoms in total. The molecule has 1 aliphatic carbocycles. The van der Waals surface area contributed by atoms with Gasteiger partial charge in [0.1, 0.15) is 0 Å². The van der Waals surface area contributed by atoms with E-state index in [0.717, 1.165) is 110 Å². The summed E-state index contributed by atoms with van der Waals surface area (Å²) in [6.07, 6.45) is 13.6. The Labute approximate surface area is 188 Å². The molecule has 0 aromatic carbocycles. The summed E-state index contributed by atoms with van der Waals surface area (Å²) in [6.45, 7) is 5.83. The average Bonchev–Trinajstić information content (AvgIpc) is 3.47. The van der Waals surface area contributed by atoms with E-state index < -0.39 is 11.9 Å². The van der Waals surface area contributed by atoms with E-state index >= 15 is 0 Å². The van der Waals surface area contributed by atoms with Gasteiger partial charge in [0.15, 0.2) is 0 Å².